The fourth-order valence-electron chi connectivity index (χ4n) is 0.389. The van der Waals surface area contributed by atoms with Crippen molar-refractivity contribution >= 4 is 13.6 Å². The number of nitrogens with zero attached hydrogens (tertiary/aromatic N) is 2. The topological polar surface area (TPSA) is 36.7 Å². The van der Waals surface area contributed by atoms with Crippen LogP contribution in [0.1, 0.15) is 5.69 Å². The van der Waals surface area contributed by atoms with Gasteiger partial charge in [-0.05, 0) is 0 Å². The van der Waals surface area contributed by atoms with E-state index in [-0.39, 0.29) is 0 Å². The summed E-state index contributed by atoms with van der Waals surface area (Å²) in [6, 6.07) is 6.90. The van der Waals surface area contributed by atoms with E-state index in [0.29, 0.717) is 5.69 Å². The summed E-state index contributed by atoms with van der Waals surface area (Å²) < 4.78 is 0. The van der Waals surface area contributed by atoms with Crippen LogP contribution >= 0.6 is 13.6 Å². The monoisotopic (exact) mass is 246 g/mol. The molecule has 0 radical (unpaired) electrons. The van der Waals surface area contributed by atoms with Crippen LogP contribution in [-0.2, 0) is 16.3 Å². The van der Waals surface area contributed by atoms with Crippen molar-refractivity contribution in [2.75, 3.05) is 0 Å². The summed E-state index contributed by atoms with van der Waals surface area (Å²) in [6.07, 6.45) is 2.54. The number of halogens is 1. The molecule has 2 nitrogen and oxygen atoms in total. The molecule has 1 rings (SSSR count). The third-order valence-corrected chi connectivity index (χ3v) is 0.724. The molecule has 0 atom stereocenters. The van der Waals surface area contributed by atoms with Gasteiger partial charge in [-0.25, -0.2) is 5.26 Å². The maximum absolute atomic E-state index is 8.21. The van der Waals surface area contributed by atoms with Gasteiger partial charge >= 0.3 is 30.0 Å². The van der Waals surface area contributed by atoms with E-state index < -0.39 is 0 Å². The summed E-state index contributed by atoms with van der Waals surface area (Å²) in [5, 5.41) is 8.21. The Balaban J connectivity index is 0.000000371. The minimum absolute atomic E-state index is 0.410. The van der Waals surface area contributed by atoms with Crippen molar-refractivity contribution in [2.24, 2.45) is 0 Å². The molecule has 0 N–H and O–H groups in total. The van der Waals surface area contributed by atoms with Gasteiger partial charge in [0.05, 0.1) is 6.07 Å². The third-order valence-electron chi connectivity index (χ3n) is 0.724. The molecule has 0 fully saturated rings. The second kappa shape index (κ2) is 6.86. The average Bonchev–Trinajstić information content (AvgIpc) is 2.10. The van der Waals surface area contributed by atoms with E-state index >= 15 is 0 Å². The molecule has 0 aliphatic rings. The van der Waals surface area contributed by atoms with Crippen LogP contribution < -0.4 is 0 Å². The van der Waals surface area contributed by atoms with Gasteiger partial charge in [0, 0.05) is 5.69 Å². The number of rotatable bonds is 0. The quantitative estimate of drug-likeness (QED) is 0.516. The van der Waals surface area contributed by atoms with Crippen LogP contribution in [0.4, 0.5) is 0 Å². The summed E-state index contributed by atoms with van der Waals surface area (Å²) in [5.74, 6) is 0. The standard InChI is InChI=1S/C6H3N2.BrH.Zn/c7-5-6-3-1-2-4-8-6;;/h1-3H;1H;/q-1;;+2/p-1. The second-order valence-electron chi connectivity index (χ2n) is 1.26. The molecule has 4 heteroatoms. The molecule has 0 aliphatic heterocycles. The number of nitriles is 1. The van der Waals surface area contributed by atoms with Crippen molar-refractivity contribution in [1.82, 2.24) is 4.98 Å². The van der Waals surface area contributed by atoms with Crippen molar-refractivity contribution in [1.29, 1.82) is 5.26 Å². The molecule has 0 unspecified atom stereocenters. The van der Waals surface area contributed by atoms with Crippen LogP contribution in [0, 0.1) is 17.5 Å². The molecule has 0 amide bonds. The van der Waals surface area contributed by atoms with Crippen molar-refractivity contribution in [2.45, 2.75) is 0 Å². The zero-order valence-electron chi connectivity index (χ0n) is 5.21. The van der Waals surface area contributed by atoms with Gasteiger partial charge in [-0.2, -0.15) is 12.1 Å². The van der Waals surface area contributed by atoms with Crippen molar-refractivity contribution in [3.63, 3.8) is 0 Å². The predicted molar refractivity (Wildman–Crippen MR) is 36.7 cm³/mol. The van der Waals surface area contributed by atoms with Crippen LogP contribution in [0.3, 0.4) is 0 Å². The Bertz CT molecular complexity index is 207. The first kappa shape index (κ1) is 9.74. The third kappa shape index (κ3) is 3.71. The molecular formula is C6H3BrN2Zn. The van der Waals surface area contributed by atoms with Crippen molar-refractivity contribution in [3.8, 4) is 6.07 Å². The predicted octanol–water partition coefficient (Wildman–Crippen LogP) is 1.60. The zero-order chi connectivity index (χ0) is 7.82. The molecule has 0 aliphatic carbocycles. The van der Waals surface area contributed by atoms with E-state index in [2.05, 4.69) is 24.8 Å². The first-order chi connectivity index (χ1) is 4.93. The van der Waals surface area contributed by atoms with E-state index in [4.69, 9.17) is 5.26 Å². The maximum atomic E-state index is 8.21. The first-order valence-electron chi connectivity index (χ1n) is 2.43. The molecule has 1 heterocycles. The molecular weight excluding hydrogens is 245 g/mol. The molecule has 0 spiro atoms. The summed E-state index contributed by atoms with van der Waals surface area (Å²) in [5.41, 5.74) is 0.410. The van der Waals surface area contributed by atoms with Crippen LogP contribution in [0.15, 0.2) is 18.2 Å². The van der Waals surface area contributed by atoms with Crippen LogP contribution in [0.5, 0.6) is 0 Å². The number of hydrogen-bond acceptors (Lipinski definition) is 2. The first-order valence-corrected chi connectivity index (χ1v) is 9.38. The Morgan fingerprint density at radius 1 is 1.70 bits per heavy atom. The van der Waals surface area contributed by atoms with Crippen LogP contribution in [0.25, 0.3) is 0 Å². The molecule has 0 saturated carbocycles. The fourth-order valence-corrected chi connectivity index (χ4v) is 0.389. The van der Waals surface area contributed by atoms with Gasteiger partial charge in [-0.3, -0.25) is 0 Å². The Kier molecular flexibility index (Phi) is 6.68. The summed E-state index contributed by atoms with van der Waals surface area (Å²) in [4.78, 5) is 3.61. The average molecular weight is 248 g/mol. The SMILES string of the molecule is N#Cc1ccc[c-]n1.[Zn+][Br]. The number of hydrogen-bond donors (Lipinski definition) is 0. The van der Waals surface area contributed by atoms with Gasteiger partial charge in [0.15, 0.2) is 0 Å². The van der Waals surface area contributed by atoms with E-state index in [0.717, 1.165) is 0 Å². The molecule has 0 saturated heterocycles. The van der Waals surface area contributed by atoms with E-state index in [1.165, 1.54) is 16.3 Å². The normalized spacial score (nSPS) is 7.00. The van der Waals surface area contributed by atoms with Gasteiger partial charge in [0.1, 0.15) is 0 Å². The minimum atomic E-state index is 0.410. The van der Waals surface area contributed by atoms with E-state index in [1.54, 1.807) is 18.2 Å². The molecule has 0 bridgehead atoms. The van der Waals surface area contributed by atoms with Gasteiger partial charge in [-0.15, -0.1) is 6.07 Å². The van der Waals surface area contributed by atoms with Crippen molar-refractivity contribution in [3.05, 3.63) is 30.1 Å². The summed E-state index contributed by atoms with van der Waals surface area (Å²) in [6.45, 7) is 0. The molecule has 1 aromatic rings. The molecule has 0 aromatic carbocycles. The zero-order valence-corrected chi connectivity index (χ0v) is 9.76. The summed E-state index contributed by atoms with van der Waals surface area (Å²) in [7, 11) is 0. The van der Waals surface area contributed by atoms with Gasteiger partial charge in [0.2, 0.25) is 0 Å². The van der Waals surface area contributed by atoms with Gasteiger partial charge < -0.3 is 4.98 Å². The number of aromatic nitrogens is 1. The molecule has 46 valence electrons. The van der Waals surface area contributed by atoms with Gasteiger partial charge in [-0.1, -0.05) is 6.20 Å². The summed E-state index contributed by atoms with van der Waals surface area (Å²) >= 11 is 4.25. The van der Waals surface area contributed by atoms with Gasteiger partial charge in [0.25, 0.3) is 0 Å². The Hall–Kier alpha value is -0.257. The van der Waals surface area contributed by atoms with Crippen molar-refractivity contribution < 1.29 is 16.3 Å². The van der Waals surface area contributed by atoms with Crippen LogP contribution in [-0.4, -0.2) is 4.98 Å². The Labute approximate surface area is 76.3 Å². The molecule has 1 aromatic heterocycles. The van der Waals surface area contributed by atoms with E-state index in [1.807, 2.05) is 6.07 Å². The Morgan fingerprint density at radius 2 is 2.40 bits per heavy atom. The number of pyridine rings is 1. The molecule has 10 heavy (non-hydrogen) atoms. The second-order valence-corrected chi connectivity index (χ2v) is 1.26. The fraction of sp³-hybridized carbons (Fsp3) is 0. The Morgan fingerprint density at radius 3 is 2.70 bits per heavy atom. The van der Waals surface area contributed by atoms with Crippen LogP contribution in [0.2, 0.25) is 0 Å². The van der Waals surface area contributed by atoms with E-state index in [9.17, 15) is 0 Å².